The third-order valence-electron chi connectivity index (χ3n) is 9.90. The van der Waals surface area contributed by atoms with Crippen LogP contribution in [0.15, 0.2) is 113 Å². The molecule has 2 fully saturated rings. The fraction of sp³-hybridized carbons (Fsp3) is 0.385. The Hall–Kier alpha value is -5.20. The van der Waals surface area contributed by atoms with Crippen molar-refractivity contribution in [2.24, 2.45) is 5.29 Å². The molecule has 12 heteroatoms. The number of non-ortho nitro benzene ring substituents is 1. The highest BCUT2D eigenvalue weighted by atomic mass is 16.6. The molecule has 3 heterocycles. The molecule has 3 aromatic carbocycles. The minimum Gasteiger partial charge on any atom is -0.458 e. The van der Waals surface area contributed by atoms with E-state index in [0.717, 1.165) is 42.1 Å². The number of allylic oxidation sites excluding steroid dienone is 2. The number of ether oxygens (including phenoxy) is 2. The van der Waals surface area contributed by atoms with E-state index >= 15 is 0 Å². The van der Waals surface area contributed by atoms with Crippen molar-refractivity contribution < 1.29 is 24.0 Å². The minimum atomic E-state index is -1.10. The Balaban J connectivity index is 1.28. The lowest BCUT2D eigenvalue weighted by Crippen LogP contribution is -2.42. The zero-order valence-corrected chi connectivity index (χ0v) is 29.0. The number of hydrogen-bond acceptors (Lipinski definition) is 10. The lowest BCUT2D eigenvalue weighted by molar-refractivity contribution is -0.384. The summed E-state index contributed by atoms with van der Waals surface area (Å²) < 4.78 is 12.3. The molecule has 51 heavy (non-hydrogen) atoms. The Morgan fingerprint density at radius 3 is 1.71 bits per heavy atom. The Morgan fingerprint density at radius 1 is 0.765 bits per heavy atom. The predicted octanol–water partition coefficient (Wildman–Crippen LogP) is 6.64. The second-order valence-corrected chi connectivity index (χ2v) is 13.5. The molecule has 0 aromatic heterocycles. The number of esters is 2. The Bertz CT molecular complexity index is 1710. The second kappa shape index (κ2) is 16.2. The molecule has 12 nitrogen and oxygen atoms in total. The van der Waals surface area contributed by atoms with Gasteiger partial charge in [0.15, 0.2) is 0 Å². The number of rotatable bonds is 11. The molecule has 0 saturated carbocycles. The molecular formula is C39H43N5O7. The van der Waals surface area contributed by atoms with Crippen LogP contribution in [0.5, 0.6) is 0 Å². The molecule has 0 amide bonds. The van der Waals surface area contributed by atoms with Crippen LogP contribution in [0.3, 0.4) is 0 Å². The molecule has 0 aliphatic carbocycles. The second-order valence-electron chi connectivity index (χ2n) is 13.5. The number of nitro groups is 1. The summed E-state index contributed by atoms with van der Waals surface area (Å²) in [6, 6.07) is 26.0. The molecule has 0 bridgehead atoms. The number of likely N-dealkylation sites (tertiary alicyclic amines) is 2. The topological polar surface area (TPSA) is 135 Å². The summed E-state index contributed by atoms with van der Waals surface area (Å²) in [7, 11) is 0. The zero-order chi connectivity index (χ0) is 35.9. The molecule has 6 rings (SSSR count). The highest BCUT2D eigenvalue weighted by Gasteiger charge is 2.43. The Kier molecular flexibility index (Phi) is 11.3. The molecule has 3 aromatic rings. The first-order valence-corrected chi connectivity index (χ1v) is 17.5. The van der Waals surface area contributed by atoms with Gasteiger partial charge in [-0.1, -0.05) is 72.8 Å². The zero-order valence-electron chi connectivity index (χ0n) is 29.0. The number of hydrogen-bond donors (Lipinski definition) is 0. The van der Waals surface area contributed by atoms with Crippen LogP contribution >= 0.6 is 0 Å². The normalized spacial score (nSPS) is 21.7. The number of carbonyl (C=O) groups is 2. The summed E-state index contributed by atoms with van der Waals surface area (Å²) in [4.78, 5) is 56.7. The average Bonchev–Trinajstić information content (AvgIpc) is 3.12. The van der Waals surface area contributed by atoms with Crippen LogP contribution in [-0.4, -0.2) is 70.1 Å². The lowest BCUT2D eigenvalue weighted by atomic mass is 9.80. The van der Waals surface area contributed by atoms with Crippen molar-refractivity contribution in [3.8, 4) is 0 Å². The van der Waals surface area contributed by atoms with Gasteiger partial charge in [0.2, 0.25) is 0 Å². The van der Waals surface area contributed by atoms with Gasteiger partial charge in [-0.25, -0.2) is 14.6 Å². The van der Waals surface area contributed by atoms with Gasteiger partial charge in [0.25, 0.3) is 5.69 Å². The van der Waals surface area contributed by atoms with Crippen molar-refractivity contribution >= 4 is 17.6 Å². The van der Waals surface area contributed by atoms with Crippen LogP contribution < -0.4 is 0 Å². The van der Waals surface area contributed by atoms with E-state index < -0.39 is 35.0 Å². The monoisotopic (exact) mass is 693 g/mol. The first-order chi connectivity index (χ1) is 24.7. The molecule has 2 unspecified atom stereocenters. The molecule has 2 saturated heterocycles. The van der Waals surface area contributed by atoms with Crippen molar-refractivity contribution in [2.45, 2.75) is 70.7 Å². The van der Waals surface area contributed by atoms with Crippen molar-refractivity contribution in [3.05, 3.63) is 139 Å². The van der Waals surface area contributed by atoms with E-state index in [1.54, 1.807) is 19.9 Å². The third kappa shape index (κ3) is 8.41. The van der Waals surface area contributed by atoms with E-state index in [4.69, 9.17) is 9.47 Å². The van der Waals surface area contributed by atoms with Gasteiger partial charge in [-0.3, -0.25) is 19.9 Å². The van der Waals surface area contributed by atoms with Crippen LogP contribution in [0, 0.1) is 15.0 Å². The smallest absolute Gasteiger partial charge is 0.337 e. The largest absolute Gasteiger partial charge is 0.458 e. The number of nitroso groups, excluding NO2 is 1. The average molecular weight is 694 g/mol. The van der Waals surface area contributed by atoms with Crippen LogP contribution in [0.2, 0.25) is 0 Å². The molecule has 3 aliphatic rings. The summed E-state index contributed by atoms with van der Waals surface area (Å²) in [6.45, 7) is 7.27. The maximum atomic E-state index is 14.3. The van der Waals surface area contributed by atoms with Gasteiger partial charge in [0.05, 0.1) is 38.7 Å². The molecule has 0 radical (unpaired) electrons. The van der Waals surface area contributed by atoms with Crippen LogP contribution in [0.25, 0.3) is 0 Å². The SMILES string of the molecule is CC1=C(C(=O)OC2CCCN(Cc3ccccc3)C2)C(c2cccc([N+](=O)[O-])c2)C(C(=O)OC2CCCN(Cc3ccccc3)C2)=C(C)N1N=O. The molecular weight excluding hydrogens is 650 g/mol. The van der Waals surface area contributed by atoms with Crippen molar-refractivity contribution in [3.63, 3.8) is 0 Å². The van der Waals surface area contributed by atoms with Gasteiger partial charge in [0.1, 0.15) is 12.2 Å². The molecule has 2 atom stereocenters. The summed E-state index contributed by atoms with van der Waals surface area (Å²) in [5.41, 5.74) is 2.83. The fourth-order valence-electron chi connectivity index (χ4n) is 7.47. The molecule has 0 N–H and O–H groups in total. The standard InChI is InChI=1S/C39H43N5O7/c1-27-35(38(45)50-33-18-10-20-41(25-33)23-29-12-5-3-6-13-29)37(31-16-9-17-32(22-31)44(48)49)36(28(2)43(27)40-47)39(46)51-34-19-11-21-42(26-34)24-30-14-7-4-8-15-30/h3-9,12-17,22,33-34,37H,10-11,18-21,23-26H2,1-2H3. The van der Waals surface area contributed by atoms with E-state index in [9.17, 15) is 24.6 Å². The number of nitro benzene ring substituents is 1. The van der Waals surface area contributed by atoms with Gasteiger partial charge in [0, 0.05) is 38.3 Å². The predicted molar refractivity (Wildman–Crippen MR) is 191 cm³/mol. The highest BCUT2D eigenvalue weighted by molar-refractivity contribution is 6.00. The molecule has 3 aliphatic heterocycles. The number of piperidine rings is 2. The van der Waals surface area contributed by atoms with E-state index in [1.165, 1.54) is 18.2 Å². The minimum absolute atomic E-state index is 0.0159. The molecule has 0 spiro atoms. The summed E-state index contributed by atoms with van der Waals surface area (Å²) in [6.07, 6.45) is 2.03. The van der Waals surface area contributed by atoms with Gasteiger partial charge >= 0.3 is 11.9 Å². The van der Waals surface area contributed by atoms with Gasteiger partial charge in [-0.2, -0.15) is 0 Å². The Labute approximate surface area is 297 Å². The van der Waals surface area contributed by atoms with Crippen molar-refractivity contribution in [1.82, 2.24) is 14.8 Å². The van der Waals surface area contributed by atoms with E-state index in [-0.39, 0.29) is 28.2 Å². The van der Waals surface area contributed by atoms with Crippen LogP contribution in [-0.2, 0) is 32.2 Å². The van der Waals surface area contributed by atoms with Crippen molar-refractivity contribution in [2.75, 3.05) is 26.2 Å². The summed E-state index contributed by atoms with van der Waals surface area (Å²) in [5.74, 6) is -2.53. The van der Waals surface area contributed by atoms with E-state index in [1.807, 2.05) is 36.4 Å². The number of benzene rings is 3. The van der Waals surface area contributed by atoms with Crippen LogP contribution in [0.1, 0.15) is 62.1 Å². The number of nitrogens with zero attached hydrogens (tertiary/aromatic N) is 5. The first-order valence-electron chi connectivity index (χ1n) is 17.5. The maximum absolute atomic E-state index is 14.3. The van der Waals surface area contributed by atoms with E-state index in [0.29, 0.717) is 44.6 Å². The van der Waals surface area contributed by atoms with Gasteiger partial charge < -0.3 is 9.47 Å². The fourth-order valence-corrected chi connectivity index (χ4v) is 7.47. The lowest BCUT2D eigenvalue weighted by Gasteiger charge is -2.37. The van der Waals surface area contributed by atoms with Gasteiger partial charge in [-0.15, -0.1) is 4.91 Å². The number of carbonyl (C=O) groups excluding carboxylic acids is 2. The van der Waals surface area contributed by atoms with Gasteiger partial charge in [-0.05, 0) is 69.3 Å². The summed E-state index contributed by atoms with van der Waals surface area (Å²) in [5, 5.41) is 16.1. The maximum Gasteiger partial charge on any atom is 0.337 e. The quantitative estimate of drug-likeness (QED) is 0.0931. The van der Waals surface area contributed by atoms with Crippen LogP contribution in [0.4, 0.5) is 5.69 Å². The van der Waals surface area contributed by atoms with E-state index in [2.05, 4.69) is 39.4 Å². The Morgan fingerprint density at radius 2 is 1.25 bits per heavy atom. The highest BCUT2D eigenvalue weighted by Crippen LogP contribution is 2.44. The van der Waals surface area contributed by atoms with Crippen molar-refractivity contribution in [1.29, 1.82) is 0 Å². The first kappa shape index (κ1) is 35.6. The third-order valence-corrected chi connectivity index (χ3v) is 9.90. The summed E-state index contributed by atoms with van der Waals surface area (Å²) >= 11 is 0. The molecule has 266 valence electrons.